The summed E-state index contributed by atoms with van der Waals surface area (Å²) in [6, 6.07) is 4.97. The molecule has 0 atom stereocenters. The Morgan fingerprint density at radius 3 is 2.36 bits per heavy atom. The SMILES string of the molecule is CC1(C)CC(NC(=O)C(=O)Nc2ccc3c(c2)OCO3)CC(C)(C)N1. The van der Waals surface area contributed by atoms with Crippen LogP contribution in [0, 0.1) is 0 Å². The molecule has 7 nitrogen and oxygen atoms in total. The molecule has 2 heterocycles. The molecule has 0 aliphatic carbocycles. The van der Waals surface area contributed by atoms with Crippen molar-refractivity contribution in [2.24, 2.45) is 0 Å². The molecule has 3 rings (SSSR count). The van der Waals surface area contributed by atoms with Gasteiger partial charge < -0.3 is 25.4 Å². The first-order valence-electron chi connectivity index (χ1n) is 8.44. The number of anilines is 1. The van der Waals surface area contributed by atoms with E-state index in [0.717, 1.165) is 12.8 Å². The van der Waals surface area contributed by atoms with Crippen molar-refractivity contribution in [2.75, 3.05) is 12.1 Å². The molecule has 136 valence electrons. The maximum absolute atomic E-state index is 12.3. The number of carbonyl (C=O) groups is 2. The molecule has 0 unspecified atom stereocenters. The van der Waals surface area contributed by atoms with Crippen LogP contribution in [0.25, 0.3) is 0 Å². The summed E-state index contributed by atoms with van der Waals surface area (Å²) in [6.45, 7) is 8.55. The first-order chi connectivity index (χ1) is 11.6. The van der Waals surface area contributed by atoms with Gasteiger partial charge in [0.15, 0.2) is 11.5 Å². The fourth-order valence-corrected chi connectivity index (χ4v) is 3.84. The number of amides is 2. The van der Waals surface area contributed by atoms with Gasteiger partial charge in [-0.25, -0.2) is 0 Å². The summed E-state index contributed by atoms with van der Waals surface area (Å²) in [5, 5.41) is 9.01. The molecular formula is C18H25N3O4. The van der Waals surface area contributed by atoms with Gasteiger partial charge in [-0.2, -0.15) is 0 Å². The van der Waals surface area contributed by atoms with Crippen molar-refractivity contribution >= 4 is 17.5 Å². The molecule has 25 heavy (non-hydrogen) atoms. The molecule has 0 bridgehead atoms. The Hall–Kier alpha value is -2.28. The summed E-state index contributed by atoms with van der Waals surface area (Å²) in [7, 11) is 0. The molecule has 0 spiro atoms. The van der Waals surface area contributed by atoms with Gasteiger partial charge in [0.05, 0.1) is 0 Å². The van der Waals surface area contributed by atoms with Crippen LogP contribution in [0.2, 0.25) is 0 Å². The molecule has 0 aromatic heterocycles. The van der Waals surface area contributed by atoms with E-state index in [4.69, 9.17) is 9.47 Å². The highest BCUT2D eigenvalue weighted by molar-refractivity contribution is 6.39. The topological polar surface area (TPSA) is 88.7 Å². The largest absolute Gasteiger partial charge is 0.454 e. The van der Waals surface area contributed by atoms with E-state index in [1.165, 1.54) is 0 Å². The van der Waals surface area contributed by atoms with Gasteiger partial charge in [0.1, 0.15) is 0 Å². The number of nitrogens with one attached hydrogen (secondary N) is 3. The lowest BCUT2D eigenvalue weighted by molar-refractivity contribution is -0.137. The summed E-state index contributed by atoms with van der Waals surface area (Å²) in [4.78, 5) is 24.5. The Kier molecular flexibility index (Phi) is 4.36. The Labute approximate surface area is 147 Å². The van der Waals surface area contributed by atoms with Crippen LogP contribution >= 0.6 is 0 Å². The normalized spacial score (nSPS) is 20.8. The number of fused-ring (bicyclic) bond motifs is 1. The zero-order valence-corrected chi connectivity index (χ0v) is 15.1. The zero-order valence-electron chi connectivity index (χ0n) is 15.1. The van der Waals surface area contributed by atoms with E-state index < -0.39 is 11.8 Å². The number of hydrogen-bond donors (Lipinski definition) is 3. The van der Waals surface area contributed by atoms with E-state index in [0.29, 0.717) is 17.2 Å². The van der Waals surface area contributed by atoms with Gasteiger partial charge in [0, 0.05) is 28.9 Å². The molecule has 2 aliphatic heterocycles. The predicted octanol–water partition coefficient (Wildman–Crippen LogP) is 1.78. The Morgan fingerprint density at radius 2 is 1.68 bits per heavy atom. The smallest absolute Gasteiger partial charge is 0.313 e. The molecule has 2 amide bonds. The van der Waals surface area contributed by atoms with Gasteiger partial charge in [0.25, 0.3) is 0 Å². The van der Waals surface area contributed by atoms with Crippen LogP contribution in [-0.4, -0.2) is 35.7 Å². The van der Waals surface area contributed by atoms with Crippen LogP contribution in [-0.2, 0) is 9.59 Å². The first-order valence-corrected chi connectivity index (χ1v) is 8.44. The molecule has 0 saturated carbocycles. The molecule has 1 fully saturated rings. The minimum Gasteiger partial charge on any atom is -0.454 e. The summed E-state index contributed by atoms with van der Waals surface area (Å²) < 4.78 is 10.5. The van der Waals surface area contributed by atoms with E-state index in [9.17, 15) is 9.59 Å². The van der Waals surface area contributed by atoms with E-state index in [1.54, 1.807) is 18.2 Å². The third-order valence-corrected chi connectivity index (χ3v) is 4.36. The average Bonchev–Trinajstić information content (AvgIpc) is 2.91. The Morgan fingerprint density at radius 1 is 1.04 bits per heavy atom. The molecule has 7 heteroatoms. The monoisotopic (exact) mass is 347 g/mol. The van der Waals surface area contributed by atoms with Crippen molar-refractivity contribution in [1.29, 1.82) is 0 Å². The second-order valence-corrected chi connectivity index (χ2v) is 7.99. The van der Waals surface area contributed by atoms with Gasteiger partial charge in [-0.05, 0) is 52.7 Å². The van der Waals surface area contributed by atoms with Gasteiger partial charge >= 0.3 is 11.8 Å². The Bertz CT molecular complexity index is 684. The van der Waals surface area contributed by atoms with Crippen LogP contribution in [0.4, 0.5) is 5.69 Å². The number of ether oxygens (including phenoxy) is 2. The van der Waals surface area contributed by atoms with Crippen LogP contribution in [0.1, 0.15) is 40.5 Å². The highest BCUT2D eigenvalue weighted by Gasteiger charge is 2.38. The fraction of sp³-hybridized carbons (Fsp3) is 0.556. The average molecular weight is 347 g/mol. The van der Waals surface area contributed by atoms with E-state index in [-0.39, 0.29) is 23.9 Å². The van der Waals surface area contributed by atoms with Crippen LogP contribution in [0.15, 0.2) is 18.2 Å². The third-order valence-electron chi connectivity index (χ3n) is 4.36. The number of carbonyl (C=O) groups excluding carboxylic acids is 2. The number of hydrogen-bond acceptors (Lipinski definition) is 5. The highest BCUT2D eigenvalue weighted by Crippen LogP contribution is 2.34. The summed E-state index contributed by atoms with van der Waals surface area (Å²) in [5.41, 5.74) is 0.288. The van der Waals surface area contributed by atoms with Gasteiger partial charge in [0.2, 0.25) is 6.79 Å². The minimum absolute atomic E-state index is 0.0544. The van der Waals surface area contributed by atoms with Gasteiger partial charge in [-0.15, -0.1) is 0 Å². The van der Waals surface area contributed by atoms with Crippen LogP contribution < -0.4 is 25.4 Å². The summed E-state index contributed by atoms with van der Waals surface area (Å²) >= 11 is 0. The summed E-state index contributed by atoms with van der Waals surface area (Å²) in [5.74, 6) is -0.133. The van der Waals surface area contributed by atoms with Crippen molar-refractivity contribution in [1.82, 2.24) is 10.6 Å². The summed E-state index contributed by atoms with van der Waals surface area (Å²) in [6.07, 6.45) is 1.53. The number of rotatable bonds is 2. The second kappa shape index (κ2) is 6.22. The molecule has 2 aliphatic rings. The van der Waals surface area contributed by atoms with Crippen molar-refractivity contribution in [3.05, 3.63) is 18.2 Å². The quantitative estimate of drug-likeness (QED) is 0.710. The molecule has 1 saturated heterocycles. The van der Waals surface area contributed by atoms with Crippen molar-refractivity contribution in [3.8, 4) is 11.5 Å². The first kappa shape index (κ1) is 17.5. The lowest BCUT2D eigenvalue weighted by Crippen LogP contribution is -2.62. The number of benzene rings is 1. The third kappa shape index (κ3) is 4.22. The fourth-order valence-electron chi connectivity index (χ4n) is 3.84. The maximum atomic E-state index is 12.3. The zero-order chi connectivity index (χ0) is 18.2. The van der Waals surface area contributed by atoms with Crippen molar-refractivity contribution in [3.63, 3.8) is 0 Å². The van der Waals surface area contributed by atoms with Crippen LogP contribution in [0.5, 0.6) is 11.5 Å². The van der Waals surface area contributed by atoms with E-state index in [2.05, 4.69) is 43.6 Å². The minimum atomic E-state index is -0.687. The van der Waals surface area contributed by atoms with Crippen molar-refractivity contribution < 1.29 is 19.1 Å². The predicted molar refractivity (Wildman–Crippen MR) is 93.7 cm³/mol. The standard InChI is InChI=1S/C18H25N3O4/c1-17(2)8-12(9-18(3,4)21-17)20-16(23)15(22)19-11-5-6-13-14(7-11)25-10-24-13/h5-7,12,21H,8-10H2,1-4H3,(H,19,22)(H,20,23). The molecule has 0 radical (unpaired) electrons. The van der Waals surface area contributed by atoms with E-state index in [1.807, 2.05) is 0 Å². The lowest BCUT2D eigenvalue weighted by atomic mass is 9.79. The molecule has 3 N–H and O–H groups in total. The Balaban J connectivity index is 1.60. The molecular weight excluding hydrogens is 322 g/mol. The van der Waals surface area contributed by atoms with E-state index >= 15 is 0 Å². The number of piperidine rings is 1. The molecule has 1 aromatic carbocycles. The van der Waals surface area contributed by atoms with Crippen LogP contribution in [0.3, 0.4) is 0 Å². The molecule has 1 aromatic rings. The highest BCUT2D eigenvalue weighted by atomic mass is 16.7. The van der Waals surface area contributed by atoms with Gasteiger partial charge in [-0.3, -0.25) is 9.59 Å². The van der Waals surface area contributed by atoms with Gasteiger partial charge in [-0.1, -0.05) is 0 Å². The van der Waals surface area contributed by atoms with Crippen molar-refractivity contribution in [2.45, 2.75) is 57.7 Å². The lowest BCUT2D eigenvalue weighted by Gasteiger charge is -2.46. The maximum Gasteiger partial charge on any atom is 0.313 e. The second-order valence-electron chi connectivity index (χ2n) is 7.99.